The summed E-state index contributed by atoms with van der Waals surface area (Å²) in [5, 5.41) is 3.09. The van der Waals surface area contributed by atoms with Gasteiger partial charge < -0.3 is 24.6 Å². The highest BCUT2D eigenvalue weighted by atomic mass is 16.5. The summed E-state index contributed by atoms with van der Waals surface area (Å²) in [6.07, 6.45) is 4.97. The summed E-state index contributed by atoms with van der Waals surface area (Å²) in [5.41, 5.74) is 0.376. The molecule has 0 radical (unpaired) electrons. The minimum atomic E-state index is -0.226. The lowest BCUT2D eigenvalue weighted by Gasteiger charge is -2.31. The van der Waals surface area contributed by atoms with Crippen LogP contribution >= 0.6 is 0 Å². The number of hydrogen-bond acceptors (Lipinski definition) is 6. The van der Waals surface area contributed by atoms with Crippen molar-refractivity contribution in [3.05, 3.63) is 17.7 Å². The minimum absolute atomic E-state index is 0.00260. The van der Waals surface area contributed by atoms with E-state index in [4.69, 9.17) is 9.47 Å². The van der Waals surface area contributed by atoms with Gasteiger partial charge in [-0.2, -0.15) is 4.98 Å². The van der Waals surface area contributed by atoms with Crippen LogP contribution in [0.15, 0.2) is 12.1 Å². The lowest BCUT2D eigenvalue weighted by atomic mass is 9.99. The van der Waals surface area contributed by atoms with Gasteiger partial charge in [-0.1, -0.05) is 0 Å². The second-order valence-corrected chi connectivity index (χ2v) is 7.96. The minimum Gasteiger partial charge on any atom is -0.481 e. The van der Waals surface area contributed by atoms with E-state index in [1.807, 2.05) is 11.9 Å². The second-order valence-electron chi connectivity index (χ2n) is 7.96. The number of ether oxygens (including phenoxy) is 2. The number of amides is 2. The van der Waals surface area contributed by atoms with Crippen LogP contribution in [0.4, 0.5) is 0 Å². The van der Waals surface area contributed by atoms with Crippen molar-refractivity contribution in [1.29, 1.82) is 0 Å². The van der Waals surface area contributed by atoms with Gasteiger partial charge in [-0.25, -0.2) is 0 Å². The predicted octanol–water partition coefficient (Wildman–Crippen LogP) is 1.55. The first-order chi connectivity index (χ1) is 14.0. The van der Waals surface area contributed by atoms with Crippen LogP contribution in [-0.2, 0) is 4.79 Å². The summed E-state index contributed by atoms with van der Waals surface area (Å²) in [4.78, 5) is 34.1. The highest BCUT2D eigenvalue weighted by molar-refractivity contribution is 5.96. The van der Waals surface area contributed by atoms with Crippen LogP contribution in [0.25, 0.3) is 0 Å². The van der Waals surface area contributed by atoms with E-state index in [2.05, 4.69) is 15.2 Å². The molecule has 1 aromatic heterocycles. The van der Waals surface area contributed by atoms with Crippen molar-refractivity contribution >= 4 is 11.8 Å². The fraction of sp³-hybridized carbons (Fsp3) is 0.667. The van der Waals surface area contributed by atoms with E-state index in [0.29, 0.717) is 18.0 Å². The Morgan fingerprint density at radius 2 is 1.83 bits per heavy atom. The maximum atomic E-state index is 12.9. The second kappa shape index (κ2) is 9.91. The fourth-order valence-electron chi connectivity index (χ4n) is 4.23. The van der Waals surface area contributed by atoms with Gasteiger partial charge in [0.2, 0.25) is 17.7 Å². The first-order valence-corrected chi connectivity index (χ1v) is 10.4. The molecular weight excluding hydrogens is 372 g/mol. The van der Waals surface area contributed by atoms with E-state index in [1.165, 1.54) is 20.6 Å². The summed E-state index contributed by atoms with van der Waals surface area (Å²) in [6, 6.07) is 3.27. The molecule has 2 aliphatic heterocycles. The standard InChI is InChI=1S/C21H32N4O4/c1-24-13-15(21(27)25-11-5-4-6-12-25)7-8-16(14-24)22-19(26)17-9-10-18(28-2)23-20(17)29-3/h9-10,15-16H,4-8,11-14H2,1-3H3,(H,22,26)/t15-,16+/m1/s1. The lowest BCUT2D eigenvalue weighted by molar-refractivity contribution is -0.137. The van der Waals surface area contributed by atoms with Crippen molar-refractivity contribution in [2.45, 2.75) is 38.1 Å². The molecule has 2 atom stereocenters. The lowest BCUT2D eigenvalue weighted by Crippen LogP contribution is -2.43. The normalized spacial score (nSPS) is 23.2. The molecule has 1 aromatic rings. The van der Waals surface area contributed by atoms with Crippen molar-refractivity contribution in [1.82, 2.24) is 20.1 Å². The van der Waals surface area contributed by atoms with Crippen LogP contribution in [0.3, 0.4) is 0 Å². The van der Waals surface area contributed by atoms with Gasteiger partial charge >= 0.3 is 0 Å². The Balaban J connectivity index is 1.62. The average molecular weight is 405 g/mol. The van der Waals surface area contributed by atoms with E-state index in [1.54, 1.807) is 12.1 Å². The SMILES string of the molecule is COc1ccc(C(=O)N[C@H]2CC[C@@H](C(=O)N3CCCCC3)CN(C)C2)c(OC)n1. The monoisotopic (exact) mass is 404 g/mol. The molecule has 160 valence electrons. The number of nitrogens with zero attached hydrogens (tertiary/aromatic N) is 3. The van der Waals surface area contributed by atoms with Crippen molar-refractivity contribution in [3.63, 3.8) is 0 Å². The van der Waals surface area contributed by atoms with Crippen molar-refractivity contribution in [2.75, 3.05) is 47.4 Å². The van der Waals surface area contributed by atoms with Gasteiger partial charge in [0, 0.05) is 38.3 Å². The number of aromatic nitrogens is 1. The number of rotatable bonds is 5. The average Bonchev–Trinajstić information content (AvgIpc) is 2.94. The van der Waals surface area contributed by atoms with E-state index in [0.717, 1.165) is 45.3 Å². The van der Waals surface area contributed by atoms with Crippen molar-refractivity contribution in [2.24, 2.45) is 5.92 Å². The van der Waals surface area contributed by atoms with Gasteiger partial charge in [0.25, 0.3) is 5.91 Å². The quantitative estimate of drug-likeness (QED) is 0.802. The molecule has 3 heterocycles. The number of piperidine rings is 1. The number of likely N-dealkylation sites (tertiary alicyclic amines) is 2. The predicted molar refractivity (Wildman–Crippen MR) is 109 cm³/mol. The summed E-state index contributed by atoms with van der Waals surface area (Å²) in [6.45, 7) is 3.20. The third-order valence-corrected chi connectivity index (χ3v) is 5.76. The van der Waals surface area contributed by atoms with Gasteiger partial charge in [0.15, 0.2) is 0 Å². The molecule has 0 unspecified atom stereocenters. The Hall–Kier alpha value is -2.35. The summed E-state index contributed by atoms with van der Waals surface area (Å²) in [7, 11) is 5.01. The maximum absolute atomic E-state index is 12.9. The highest BCUT2D eigenvalue weighted by Crippen LogP contribution is 2.23. The number of likely N-dealkylation sites (N-methyl/N-ethyl adjacent to an activating group) is 1. The number of carbonyl (C=O) groups excluding carboxylic acids is 2. The molecule has 2 amide bonds. The zero-order chi connectivity index (χ0) is 20.8. The molecule has 8 heteroatoms. The van der Waals surface area contributed by atoms with Crippen LogP contribution in [0.5, 0.6) is 11.8 Å². The van der Waals surface area contributed by atoms with Crippen LogP contribution in [-0.4, -0.2) is 80.1 Å². The van der Waals surface area contributed by atoms with Gasteiger partial charge in [0.1, 0.15) is 5.56 Å². The Bertz CT molecular complexity index is 721. The van der Waals surface area contributed by atoms with E-state index in [-0.39, 0.29) is 29.7 Å². The van der Waals surface area contributed by atoms with Crippen LogP contribution < -0.4 is 14.8 Å². The maximum Gasteiger partial charge on any atom is 0.257 e. The first-order valence-electron chi connectivity index (χ1n) is 10.4. The van der Waals surface area contributed by atoms with Gasteiger partial charge in [-0.15, -0.1) is 0 Å². The van der Waals surface area contributed by atoms with Gasteiger partial charge in [-0.3, -0.25) is 9.59 Å². The molecule has 0 aromatic carbocycles. The zero-order valence-electron chi connectivity index (χ0n) is 17.6. The molecule has 1 N–H and O–H groups in total. The molecular formula is C21H32N4O4. The molecule has 0 bridgehead atoms. The van der Waals surface area contributed by atoms with E-state index in [9.17, 15) is 9.59 Å². The molecule has 0 saturated carbocycles. The number of pyridine rings is 1. The largest absolute Gasteiger partial charge is 0.481 e. The Morgan fingerprint density at radius 1 is 1.07 bits per heavy atom. The van der Waals surface area contributed by atoms with Crippen LogP contribution in [0.1, 0.15) is 42.5 Å². The van der Waals surface area contributed by atoms with Crippen molar-refractivity contribution < 1.29 is 19.1 Å². The Kier molecular flexibility index (Phi) is 7.30. The third-order valence-electron chi connectivity index (χ3n) is 5.76. The van der Waals surface area contributed by atoms with Gasteiger partial charge in [-0.05, 0) is 45.2 Å². The van der Waals surface area contributed by atoms with E-state index < -0.39 is 0 Å². The molecule has 0 spiro atoms. The first kappa shape index (κ1) is 21.4. The molecule has 2 fully saturated rings. The van der Waals surface area contributed by atoms with Crippen LogP contribution in [0.2, 0.25) is 0 Å². The number of carbonyl (C=O) groups is 2. The number of hydrogen-bond donors (Lipinski definition) is 1. The Morgan fingerprint density at radius 3 is 2.52 bits per heavy atom. The third kappa shape index (κ3) is 5.38. The van der Waals surface area contributed by atoms with Gasteiger partial charge in [0.05, 0.1) is 20.1 Å². The smallest absolute Gasteiger partial charge is 0.257 e. The van der Waals surface area contributed by atoms with E-state index >= 15 is 0 Å². The number of nitrogens with one attached hydrogen (secondary N) is 1. The summed E-state index contributed by atoms with van der Waals surface area (Å²) < 4.78 is 10.3. The molecule has 2 saturated heterocycles. The zero-order valence-corrected chi connectivity index (χ0v) is 17.6. The Labute approximate surface area is 172 Å². The number of methoxy groups -OCH3 is 2. The molecule has 0 aliphatic carbocycles. The van der Waals surface area contributed by atoms with Crippen LogP contribution in [0, 0.1) is 5.92 Å². The van der Waals surface area contributed by atoms with Crippen molar-refractivity contribution in [3.8, 4) is 11.8 Å². The summed E-state index contributed by atoms with van der Waals surface area (Å²) in [5.74, 6) is 0.673. The molecule has 2 aliphatic rings. The fourth-order valence-corrected chi connectivity index (χ4v) is 4.23. The molecule has 29 heavy (non-hydrogen) atoms. The molecule has 8 nitrogen and oxygen atoms in total. The highest BCUT2D eigenvalue weighted by Gasteiger charge is 2.31. The summed E-state index contributed by atoms with van der Waals surface area (Å²) >= 11 is 0. The topological polar surface area (TPSA) is 84.0 Å². The molecule has 3 rings (SSSR count).